The van der Waals surface area contributed by atoms with Gasteiger partial charge < -0.3 is 10.3 Å². The molecule has 0 radical (unpaired) electrons. The van der Waals surface area contributed by atoms with Crippen LogP contribution in [0.3, 0.4) is 0 Å². The Morgan fingerprint density at radius 3 is 2.94 bits per heavy atom. The van der Waals surface area contributed by atoms with E-state index in [1.165, 1.54) is 10.5 Å². The van der Waals surface area contributed by atoms with Crippen LogP contribution in [0.4, 0.5) is 0 Å². The smallest absolute Gasteiger partial charge is 0.260 e. The molecule has 1 fully saturated rings. The van der Waals surface area contributed by atoms with E-state index in [0.29, 0.717) is 31.8 Å². The third-order valence-electron chi connectivity index (χ3n) is 2.78. The molecule has 0 saturated carbocycles. The number of H-pyrrole nitrogens is 1. The van der Waals surface area contributed by atoms with Crippen molar-refractivity contribution in [3.05, 3.63) is 12.0 Å². The standard InChI is InChI=1S/C10H16N4O3S/c1-2-8-12-6-10(13-8)18(16,17)14-5-3-4-11-9(15)7-14/h6H,2-5,7H2,1H3,(H,11,15)(H,12,13). The molecule has 1 aromatic heterocycles. The largest absolute Gasteiger partial charge is 0.355 e. The number of hydrogen-bond acceptors (Lipinski definition) is 4. The molecule has 0 unspecified atom stereocenters. The van der Waals surface area contributed by atoms with Crippen molar-refractivity contribution in [2.24, 2.45) is 0 Å². The molecular formula is C10H16N4O3S. The average molecular weight is 272 g/mol. The Hall–Kier alpha value is -1.41. The fraction of sp³-hybridized carbons (Fsp3) is 0.600. The molecule has 1 saturated heterocycles. The van der Waals surface area contributed by atoms with Gasteiger partial charge in [0.2, 0.25) is 5.91 Å². The Labute approximate surface area is 106 Å². The number of aromatic amines is 1. The van der Waals surface area contributed by atoms with Crippen LogP contribution in [0.5, 0.6) is 0 Å². The molecule has 2 heterocycles. The Bertz CT molecular complexity index is 537. The summed E-state index contributed by atoms with van der Waals surface area (Å²) in [5.41, 5.74) is 0. The normalized spacial score (nSPS) is 18.4. The van der Waals surface area contributed by atoms with E-state index in [1.54, 1.807) is 0 Å². The first-order valence-corrected chi connectivity index (χ1v) is 7.28. The first-order valence-electron chi connectivity index (χ1n) is 5.84. The molecule has 7 nitrogen and oxygen atoms in total. The summed E-state index contributed by atoms with van der Waals surface area (Å²) < 4.78 is 25.8. The number of rotatable bonds is 3. The molecule has 1 aliphatic heterocycles. The van der Waals surface area contributed by atoms with Crippen LogP contribution < -0.4 is 5.32 Å². The average Bonchev–Trinajstić information content (AvgIpc) is 2.72. The van der Waals surface area contributed by atoms with Crippen molar-refractivity contribution in [3.8, 4) is 0 Å². The summed E-state index contributed by atoms with van der Waals surface area (Å²) in [4.78, 5) is 18.1. The van der Waals surface area contributed by atoms with Crippen LogP contribution in [-0.2, 0) is 21.2 Å². The minimum absolute atomic E-state index is 0.0500. The topological polar surface area (TPSA) is 95.2 Å². The molecule has 1 aliphatic rings. The zero-order valence-corrected chi connectivity index (χ0v) is 11.0. The second-order valence-corrected chi connectivity index (χ2v) is 6.00. The van der Waals surface area contributed by atoms with Gasteiger partial charge >= 0.3 is 0 Å². The summed E-state index contributed by atoms with van der Waals surface area (Å²) in [5.74, 6) is 0.346. The maximum atomic E-state index is 12.3. The highest BCUT2D eigenvalue weighted by Crippen LogP contribution is 2.14. The molecule has 0 spiro atoms. The molecule has 1 amide bonds. The summed E-state index contributed by atoms with van der Waals surface area (Å²) in [6.07, 6.45) is 2.55. The number of sulfonamides is 1. The van der Waals surface area contributed by atoms with Gasteiger partial charge in [-0.3, -0.25) is 4.79 Å². The van der Waals surface area contributed by atoms with Crippen molar-refractivity contribution >= 4 is 15.9 Å². The monoisotopic (exact) mass is 272 g/mol. The lowest BCUT2D eigenvalue weighted by atomic mass is 10.4. The zero-order chi connectivity index (χ0) is 13.2. The van der Waals surface area contributed by atoms with Gasteiger partial charge in [-0.05, 0) is 6.42 Å². The van der Waals surface area contributed by atoms with Crippen LogP contribution in [0.2, 0.25) is 0 Å². The highest BCUT2D eigenvalue weighted by molar-refractivity contribution is 7.89. The molecule has 0 bridgehead atoms. The third kappa shape index (κ3) is 2.54. The summed E-state index contributed by atoms with van der Waals surface area (Å²) in [5, 5.41) is 2.69. The summed E-state index contributed by atoms with van der Waals surface area (Å²) >= 11 is 0. The molecule has 0 aromatic carbocycles. The van der Waals surface area contributed by atoms with E-state index in [-0.39, 0.29) is 17.5 Å². The van der Waals surface area contributed by atoms with Crippen LogP contribution in [0.1, 0.15) is 19.2 Å². The van der Waals surface area contributed by atoms with Gasteiger partial charge in [-0.2, -0.15) is 4.31 Å². The third-order valence-corrected chi connectivity index (χ3v) is 4.54. The molecule has 1 aromatic rings. The lowest BCUT2D eigenvalue weighted by Crippen LogP contribution is -2.37. The van der Waals surface area contributed by atoms with E-state index < -0.39 is 10.0 Å². The Morgan fingerprint density at radius 1 is 1.50 bits per heavy atom. The summed E-state index contributed by atoms with van der Waals surface area (Å²) in [6, 6.07) is 0. The van der Waals surface area contributed by atoms with Gasteiger partial charge in [0, 0.05) is 19.5 Å². The van der Waals surface area contributed by atoms with Crippen LogP contribution in [0, 0.1) is 0 Å². The minimum Gasteiger partial charge on any atom is -0.355 e. The Balaban J connectivity index is 2.26. The van der Waals surface area contributed by atoms with E-state index in [4.69, 9.17) is 0 Å². The Morgan fingerprint density at radius 2 is 2.28 bits per heavy atom. The quantitative estimate of drug-likeness (QED) is 0.774. The number of carbonyl (C=O) groups excluding carboxylic acids is 1. The number of carbonyl (C=O) groups is 1. The number of imidazole rings is 1. The van der Waals surface area contributed by atoms with E-state index in [2.05, 4.69) is 15.3 Å². The van der Waals surface area contributed by atoms with Gasteiger partial charge in [-0.25, -0.2) is 13.4 Å². The van der Waals surface area contributed by atoms with E-state index in [0.717, 1.165) is 0 Å². The molecule has 18 heavy (non-hydrogen) atoms. The zero-order valence-electron chi connectivity index (χ0n) is 10.1. The first kappa shape index (κ1) is 13.0. The number of aromatic nitrogens is 2. The van der Waals surface area contributed by atoms with E-state index in [9.17, 15) is 13.2 Å². The molecule has 8 heteroatoms. The predicted octanol–water partition coefficient (Wildman–Crippen LogP) is -0.517. The van der Waals surface area contributed by atoms with Gasteiger partial charge in [0.1, 0.15) is 5.82 Å². The molecule has 2 N–H and O–H groups in total. The predicted molar refractivity (Wildman–Crippen MR) is 64.4 cm³/mol. The van der Waals surface area contributed by atoms with Crippen molar-refractivity contribution in [2.75, 3.05) is 19.6 Å². The van der Waals surface area contributed by atoms with Crippen molar-refractivity contribution in [2.45, 2.75) is 24.8 Å². The van der Waals surface area contributed by atoms with Crippen molar-refractivity contribution in [1.29, 1.82) is 0 Å². The number of hydrogen-bond donors (Lipinski definition) is 2. The summed E-state index contributed by atoms with van der Waals surface area (Å²) in [7, 11) is -3.65. The maximum absolute atomic E-state index is 12.3. The first-order chi connectivity index (χ1) is 8.54. The van der Waals surface area contributed by atoms with Crippen LogP contribution >= 0.6 is 0 Å². The number of nitrogens with zero attached hydrogens (tertiary/aromatic N) is 2. The van der Waals surface area contributed by atoms with Crippen LogP contribution in [-0.4, -0.2) is 48.2 Å². The molecule has 100 valence electrons. The molecule has 0 atom stereocenters. The SMILES string of the molecule is CCc1ncc(S(=O)(=O)N2CCCNC(=O)C2)[nH]1. The maximum Gasteiger partial charge on any atom is 0.260 e. The van der Waals surface area contributed by atoms with Gasteiger partial charge in [-0.1, -0.05) is 6.92 Å². The van der Waals surface area contributed by atoms with Crippen LogP contribution in [0.15, 0.2) is 11.2 Å². The van der Waals surface area contributed by atoms with Crippen LogP contribution in [0.25, 0.3) is 0 Å². The molecule has 0 aliphatic carbocycles. The number of nitrogens with one attached hydrogen (secondary N) is 2. The second kappa shape index (κ2) is 5.07. The molecule has 2 rings (SSSR count). The minimum atomic E-state index is -3.65. The van der Waals surface area contributed by atoms with E-state index >= 15 is 0 Å². The van der Waals surface area contributed by atoms with Crippen molar-refractivity contribution in [3.63, 3.8) is 0 Å². The fourth-order valence-electron chi connectivity index (χ4n) is 1.78. The number of aryl methyl sites for hydroxylation is 1. The van der Waals surface area contributed by atoms with Gasteiger partial charge in [0.25, 0.3) is 10.0 Å². The molecular weight excluding hydrogens is 256 g/mol. The second-order valence-electron chi connectivity index (χ2n) is 4.09. The number of amides is 1. The van der Waals surface area contributed by atoms with Crippen molar-refractivity contribution < 1.29 is 13.2 Å². The van der Waals surface area contributed by atoms with E-state index in [1.807, 2.05) is 6.92 Å². The van der Waals surface area contributed by atoms with Gasteiger partial charge in [-0.15, -0.1) is 0 Å². The highest BCUT2D eigenvalue weighted by Gasteiger charge is 2.29. The highest BCUT2D eigenvalue weighted by atomic mass is 32.2. The summed E-state index contributed by atoms with van der Waals surface area (Å²) in [6.45, 7) is 2.59. The Kier molecular flexibility index (Phi) is 3.67. The van der Waals surface area contributed by atoms with Gasteiger partial charge in [0.15, 0.2) is 5.03 Å². The fourth-order valence-corrected chi connectivity index (χ4v) is 3.14. The lowest BCUT2D eigenvalue weighted by Gasteiger charge is -2.17. The lowest BCUT2D eigenvalue weighted by molar-refractivity contribution is -0.120. The van der Waals surface area contributed by atoms with Crippen molar-refractivity contribution in [1.82, 2.24) is 19.6 Å². The van der Waals surface area contributed by atoms with Gasteiger partial charge in [0.05, 0.1) is 12.7 Å².